The number of hydrogen-bond acceptors (Lipinski definition) is 4. The molecule has 4 aromatic rings. The van der Waals surface area contributed by atoms with Crippen LogP contribution in [0.3, 0.4) is 0 Å². The predicted molar refractivity (Wildman–Crippen MR) is 138 cm³/mol. The molecule has 1 atom stereocenters. The summed E-state index contributed by atoms with van der Waals surface area (Å²) in [5.41, 5.74) is 1.51. The Bertz CT molecular complexity index is 1440. The molecule has 0 bridgehead atoms. The molecule has 8 heteroatoms. The Labute approximate surface area is 210 Å². The van der Waals surface area contributed by atoms with Crippen molar-refractivity contribution >= 4 is 44.6 Å². The molecule has 1 heterocycles. The van der Waals surface area contributed by atoms with Crippen LogP contribution in [0.4, 0.5) is 4.39 Å². The third kappa shape index (κ3) is 5.21. The third-order valence-electron chi connectivity index (χ3n) is 5.51. The Morgan fingerprint density at radius 1 is 1.21 bits per heavy atom. The van der Waals surface area contributed by atoms with Crippen LogP contribution in [0.15, 0.2) is 75.0 Å². The summed E-state index contributed by atoms with van der Waals surface area (Å²) >= 11 is 9.79. The molecular weight excluding hydrogens is 521 g/mol. The second kappa shape index (κ2) is 10.5. The van der Waals surface area contributed by atoms with Crippen LogP contribution in [0.2, 0.25) is 5.02 Å². The average Bonchev–Trinajstić information content (AvgIpc) is 2.83. The maximum absolute atomic E-state index is 13.8. The van der Waals surface area contributed by atoms with E-state index in [1.54, 1.807) is 48.7 Å². The Morgan fingerprint density at radius 3 is 2.74 bits per heavy atom. The van der Waals surface area contributed by atoms with E-state index >= 15 is 0 Å². The fourth-order valence-corrected chi connectivity index (χ4v) is 3.99. The number of hydrogen-bond donors (Lipinski definition) is 0. The summed E-state index contributed by atoms with van der Waals surface area (Å²) in [5.74, 6) is 0.725. The molecule has 0 amide bonds. The summed E-state index contributed by atoms with van der Waals surface area (Å²) in [6, 6.07) is 17.0. The zero-order chi connectivity index (χ0) is 24.2. The lowest BCUT2D eigenvalue weighted by Gasteiger charge is -2.14. The van der Waals surface area contributed by atoms with Gasteiger partial charge in [-0.3, -0.25) is 4.79 Å². The van der Waals surface area contributed by atoms with Gasteiger partial charge in [0.2, 0.25) is 0 Å². The summed E-state index contributed by atoms with van der Waals surface area (Å²) < 4.78 is 21.6. The van der Waals surface area contributed by atoms with Gasteiger partial charge in [0.25, 0.3) is 5.56 Å². The van der Waals surface area contributed by atoms with Gasteiger partial charge in [0.05, 0.1) is 22.1 Å². The molecule has 3 aromatic carbocycles. The molecule has 0 saturated carbocycles. The lowest BCUT2D eigenvalue weighted by Crippen LogP contribution is -2.23. The largest absolute Gasteiger partial charge is 0.487 e. The first-order valence-corrected chi connectivity index (χ1v) is 12.0. The highest BCUT2D eigenvalue weighted by atomic mass is 79.9. The van der Waals surface area contributed by atoms with Crippen LogP contribution in [-0.4, -0.2) is 15.9 Å². The van der Waals surface area contributed by atoms with E-state index in [0.29, 0.717) is 38.6 Å². The minimum absolute atomic E-state index is 0.0376. The van der Waals surface area contributed by atoms with Crippen LogP contribution in [-0.2, 0) is 6.61 Å². The highest BCUT2D eigenvalue weighted by Crippen LogP contribution is 2.26. The van der Waals surface area contributed by atoms with Crippen molar-refractivity contribution in [3.8, 4) is 5.75 Å². The number of nitrogens with zero attached hydrogens (tertiary/aromatic N) is 3. The highest BCUT2D eigenvalue weighted by Gasteiger charge is 2.15. The van der Waals surface area contributed by atoms with Gasteiger partial charge >= 0.3 is 0 Å². The summed E-state index contributed by atoms with van der Waals surface area (Å²) in [4.78, 5) is 17.9. The van der Waals surface area contributed by atoms with Crippen LogP contribution in [0.25, 0.3) is 10.9 Å². The summed E-state index contributed by atoms with van der Waals surface area (Å²) in [7, 11) is 0. The van der Waals surface area contributed by atoms with Crippen molar-refractivity contribution in [2.75, 3.05) is 0 Å². The fourth-order valence-electron chi connectivity index (χ4n) is 3.39. The van der Waals surface area contributed by atoms with E-state index in [0.717, 1.165) is 10.9 Å². The van der Waals surface area contributed by atoms with Crippen LogP contribution < -0.4 is 10.3 Å². The molecule has 0 aliphatic carbocycles. The molecule has 4 rings (SSSR count). The maximum atomic E-state index is 13.8. The molecule has 34 heavy (non-hydrogen) atoms. The lowest BCUT2D eigenvalue weighted by molar-refractivity contribution is 0.300. The molecule has 0 aliphatic heterocycles. The maximum Gasteiger partial charge on any atom is 0.282 e. The number of aromatic nitrogens is 2. The van der Waals surface area contributed by atoms with Gasteiger partial charge in [0.1, 0.15) is 24.0 Å². The van der Waals surface area contributed by atoms with Gasteiger partial charge in [-0.25, -0.2) is 9.37 Å². The van der Waals surface area contributed by atoms with E-state index < -0.39 is 0 Å². The van der Waals surface area contributed by atoms with E-state index in [-0.39, 0.29) is 23.9 Å². The normalized spacial score (nSPS) is 12.4. The molecule has 0 fully saturated rings. The van der Waals surface area contributed by atoms with Crippen LogP contribution in [0.5, 0.6) is 5.75 Å². The summed E-state index contributed by atoms with van der Waals surface area (Å²) in [6.45, 7) is 4.11. The SMILES string of the molecule is CC[C@@H](C)c1nc2ccc(Br)cc2c(=O)n1N=Cc1ccc(OCc2ccccc2F)c(Cl)c1. The quantitative estimate of drug-likeness (QED) is 0.238. The van der Waals surface area contributed by atoms with Gasteiger partial charge in [-0.15, -0.1) is 0 Å². The molecule has 1 aromatic heterocycles. The number of halogens is 3. The molecule has 0 saturated heterocycles. The van der Waals surface area contributed by atoms with Crippen LogP contribution in [0.1, 0.15) is 43.1 Å². The summed E-state index contributed by atoms with van der Waals surface area (Å²) in [5, 5.41) is 5.29. The van der Waals surface area contributed by atoms with Crippen molar-refractivity contribution in [3.05, 3.63) is 103 Å². The average molecular weight is 543 g/mol. The number of rotatable bonds is 7. The first-order chi connectivity index (χ1) is 16.4. The Hall–Kier alpha value is -3.03. The Morgan fingerprint density at radius 2 is 2.00 bits per heavy atom. The molecule has 0 radical (unpaired) electrons. The van der Waals surface area contributed by atoms with E-state index in [2.05, 4.69) is 21.0 Å². The second-order valence-electron chi connectivity index (χ2n) is 7.87. The van der Waals surface area contributed by atoms with Crippen molar-refractivity contribution in [2.45, 2.75) is 32.8 Å². The molecule has 0 aliphatic rings. The van der Waals surface area contributed by atoms with Crippen molar-refractivity contribution in [1.29, 1.82) is 0 Å². The van der Waals surface area contributed by atoms with Crippen LogP contribution >= 0.6 is 27.5 Å². The monoisotopic (exact) mass is 541 g/mol. The van der Waals surface area contributed by atoms with Gasteiger partial charge in [-0.1, -0.05) is 59.6 Å². The van der Waals surface area contributed by atoms with Gasteiger partial charge in [-0.2, -0.15) is 9.78 Å². The number of fused-ring (bicyclic) bond motifs is 1. The topological polar surface area (TPSA) is 56.5 Å². The van der Waals surface area contributed by atoms with Crippen molar-refractivity contribution in [2.24, 2.45) is 5.10 Å². The third-order valence-corrected chi connectivity index (χ3v) is 6.29. The predicted octanol–water partition coefficient (Wildman–Crippen LogP) is 6.93. The van der Waals surface area contributed by atoms with Crippen molar-refractivity contribution < 1.29 is 9.13 Å². The highest BCUT2D eigenvalue weighted by molar-refractivity contribution is 9.10. The zero-order valence-corrected chi connectivity index (χ0v) is 21.0. The minimum Gasteiger partial charge on any atom is -0.487 e. The number of ether oxygens (including phenoxy) is 1. The van der Waals surface area contributed by atoms with Crippen LogP contribution in [0, 0.1) is 5.82 Å². The standard InChI is InChI=1S/C26H22BrClFN3O2/c1-3-16(2)25-31-23-10-9-19(27)13-20(23)26(33)32(25)30-14-17-8-11-24(21(28)12-17)34-15-18-6-4-5-7-22(18)29/h4-14,16H,3,15H2,1-2H3/t16-/m1/s1. The minimum atomic E-state index is -0.332. The van der Waals surface area contributed by atoms with E-state index in [4.69, 9.17) is 21.3 Å². The Balaban J connectivity index is 1.63. The lowest BCUT2D eigenvalue weighted by atomic mass is 10.1. The smallest absolute Gasteiger partial charge is 0.282 e. The molecular formula is C26H22BrClFN3O2. The van der Waals surface area contributed by atoms with Crippen molar-refractivity contribution in [3.63, 3.8) is 0 Å². The van der Waals surface area contributed by atoms with Gasteiger partial charge in [-0.05, 0) is 54.4 Å². The second-order valence-corrected chi connectivity index (χ2v) is 9.20. The van der Waals surface area contributed by atoms with E-state index in [9.17, 15) is 9.18 Å². The molecule has 0 N–H and O–H groups in total. The zero-order valence-electron chi connectivity index (χ0n) is 18.6. The Kier molecular flexibility index (Phi) is 7.44. The first kappa shape index (κ1) is 24.1. The van der Waals surface area contributed by atoms with Gasteiger partial charge in [0.15, 0.2) is 0 Å². The molecule has 5 nitrogen and oxygen atoms in total. The van der Waals surface area contributed by atoms with E-state index in [1.807, 2.05) is 26.0 Å². The summed E-state index contributed by atoms with van der Waals surface area (Å²) in [6.07, 6.45) is 2.37. The molecule has 174 valence electrons. The van der Waals surface area contributed by atoms with Crippen molar-refractivity contribution in [1.82, 2.24) is 9.66 Å². The van der Waals surface area contributed by atoms with Gasteiger partial charge < -0.3 is 4.74 Å². The number of benzene rings is 3. The van der Waals surface area contributed by atoms with E-state index in [1.165, 1.54) is 10.7 Å². The van der Waals surface area contributed by atoms with Gasteiger partial charge in [0, 0.05) is 16.0 Å². The first-order valence-electron chi connectivity index (χ1n) is 10.8. The molecule has 0 spiro atoms. The molecule has 0 unspecified atom stereocenters. The fraction of sp³-hybridized carbons (Fsp3) is 0.192.